The average molecular weight is 255 g/mol. The maximum absolute atomic E-state index is 12.5. The van der Waals surface area contributed by atoms with Crippen LogP contribution in [0.4, 0.5) is 0 Å². The number of rotatable bonds is 0. The van der Waals surface area contributed by atoms with Crippen molar-refractivity contribution in [3.63, 3.8) is 0 Å². The Bertz CT molecular complexity index is 333. The molecule has 3 heteroatoms. The third-order valence-electron chi connectivity index (χ3n) is 5.15. The number of nitrogens with one attached hydrogen (secondary N) is 1. The van der Waals surface area contributed by atoms with Crippen LogP contribution >= 0.6 is 0 Å². The van der Waals surface area contributed by atoms with Crippen LogP contribution in [-0.4, -0.2) is 26.8 Å². The van der Waals surface area contributed by atoms with Gasteiger partial charge in [0.2, 0.25) is 0 Å². The Kier molecular flexibility index (Phi) is 2.90. The first-order valence-corrected chi connectivity index (χ1v) is 8.53. The second-order valence-corrected chi connectivity index (χ2v) is 8.80. The third kappa shape index (κ3) is 2.21. The van der Waals surface area contributed by atoms with Crippen molar-refractivity contribution in [3.05, 3.63) is 0 Å². The van der Waals surface area contributed by atoms with Gasteiger partial charge in [0.15, 0.2) is 0 Å². The van der Waals surface area contributed by atoms with Gasteiger partial charge >= 0.3 is 0 Å². The summed E-state index contributed by atoms with van der Waals surface area (Å²) in [7, 11) is -0.611. The SMILES string of the molecule is CC1(C)CS(=O)C2CC3(CCCC3)CCC2N1. The van der Waals surface area contributed by atoms with E-state index in [0.29, 0.717) is 16.7 Å². The van der Waals surface area contributed by atoms with E-state index in [-0.39, 0.29) is 5.54 Å². The fourth-order valence-corrected chi connectivity index (χ4v) is 6.46. The maximum atomic E-state index is 12.5. The predicted molar refractivity (Wildman–Crippen MR) is 72.6 cm³/mol. The van der Waals surface area contributed by atoms with Gasteiger partial charge in [0, 0.05) is 28.1 Å². The van der Waals surface area contributed by atoms with Gasteiger partial charge in [-0.25, -0.2) is 0 Å². The van der Waals surface area contributed by atoms with E-state index < -0.39 is 10.8 Å². The highest BCUT2D eigenvalue weighted by atomic mass is 32.2. The van der Waals surface area contributed by atoms with E-state index in [2.05, 4.69) is 19.2 Å². The van der Waals surface area contributed by atoms with Crippen LogP contribution in [0.1, 0.15) is 58.8 Å². The van der Waals surface area contributed by atoms with E-state index >= 15 is 0 Å². The summed E-state index contributed by atoms with van der Waals surface area (Å²) >= 11 is 0. The van der Waals surface area contributed by atoms with E-state index in [1.54, 1.807) is 0 Å². The number of hydrogen-bond donors (Lipinski definition) is 1. The lowest BCUT2D eigenvalue weighted by Crippen LogP contribution is -2.63. The molecule has 0 aromatic heterocycles. The van der Waals surface area contributed by atoms with Crippen molar-refractivity contribution in [2.24, 2.45) is 5.41 Å². The Labute approximate surface area is 107 Å². The molecule has 98 valence electrons. The first-order valence-electron chi connectivity index (χ1n) is 7.15. The fraction of sp³-hybridized carbons (Fsp3) is 1.00. The topological polar surface area (TPSA) is 29.1 Å². The second-order valence-electron chi connectivity index (χ2n) is 7.15. The van der Waals surface area contributed by atoms with Crippen LogP contribution in [0.5, 0.6) is 0 Å². The van der Waals surface area contributed by atoms with Crippen LogP contribution < -0.4 is 5.32 Å². The van der Waals surface area contributed by atoms with Crippen LogP contribution in [0.25, 0.3) is 0 Å². The van der Waals surface area contributed by atoms with Gasteiger partial charge in [0.1, 0.15) is 0 Å². The van der Waals surface area contributed by atoms with E-state index in [9.17, 15) is 4.21 Å². The molecule has 3 unspecified atom stereocenters. The Hall–Kier alpha value is 0.110. The zero-order chi connectivity index (χ0) is 12.1. The molecular formula is C14H25NOS. The summed E-state index contributed by atoms with van der Waals surface area (Å²) in [5.74, 6) is 0.838. The molecule has 0 amide bonds. The largest absolute Gasteiger partial charge is 0.307 e. The highest BCUT2D eigenvalue weighted by Crippen LogP contribution is 2.50. The van der Waals surface area contributed by atoms with Gasteiger partial charge in [-0.3, -0.25) is 4.21 Å². The first-order chi connectivity index (χ1) is 8.00. The molecule has 3 aliphatic rings. The minimum absolute atomic E-state index is 0.0756. The van der Waals surface area contributed by atoms with Crippen LogP contribution in [0.15, 0.2) is 0 Å². The summed E-state index contributed by atoms with van der Waals surface area (Å²) in [5.41, 5.74) is 0.659. The second kappa shape index (κ2) is 4.06. The standard InChI is InChI=1S/C14H25NOS/c1-13(2)10-17(16)12-9-14(6-3-4-7-14)8-5-11(12)15-13/h11-12,15H,3-10H2,1-2H3. The van der Waals surface area contributed by atoms with Gasteiger partial charge in [-0.15, -0.1) is 0 Å². The van der Waals surface area contributed by atoms with Gasteiger partial charge in [0.25, 0.3) is 0 Å². The van der Waals surface area contributed by atoms with E-state index in [1.165, 1.54) is 44.9 Å². The molecule has 2 nitrogen and oxygen atoms in total. The van der Waals surface area contributed by atoms with Gasteiger partial charge in [-0.2, -0.15) is 0 Å². The molecule has 1 saturated heterocycles. The first kappa shape index (κ1) is 12.2. The molecule has 1 N–H and O–H groups in total. The quantitative estimate of drug-likeness (QED) is 0.721. The van der Waals surface area contributed by atoms with Crippen molar-refractivity contribution in [1.82, 2.24) is 5.32 Å². The molecule has 0 aromatic rings. The molecule has 1 aliphatic heterocycles. The maximum Gasteiger partial charge on any atom is 0.0507 e. The van der Waals surface area contributed by atoms with Crippen LogP contribution in [-0.2, 0) is 10.8 Å². The number of hydrogen-bond acceptors (Lipinski definition) is 2. The molecule has 2 saturated carbocycles. The highest BCUT2D eigenvalue weighted by molar-refractivity contribution is 7.85. The van der Waals surface area contributed by atoms with E-state index in [1.807, 2.05) is 0 Å². The predicted octanol–water partition coefficient (Wildman–Crippen LogP) is 2.60. The molecule has 0 radical (unpaired) electrons. The van der Waals surface area contributed by atoms with Crippen molar-refractivity contribution in [3.8, 4) is 0 Å². The van der Waals surface area contributed by atoms with Gasteiger partial charge < -0.3 is 5.32 Å². The molecule has 3 fully saturated rings. The summed E-state index contributed by atoms with van der Waals surface area (Å²) in [6, 6.07) is 0.519. The van der Waals surface area contributed by atoms with Crippen molar-refractivity contribution in [1.29, 1.82) is 0 Å². The Morgan fingerprint density at radius 3 is 2.59 bits per heavy atom. The highest BCUT2D eigenvalue weighted by Gasteiger charge is 2.48. The van der Waals surface area contributed by atoms with Crippen molar-refractivity contribution >= 4 is 10.8 Å². The fourth-order valence-electron chi connectivity index (χ4n) is 4.35. The Morgan fingerprint density at radius 2 is 1.88 bits per heavy atom. The average Bonchev–Trinajstić information content (AvgIpc) is 2.67. The molecule has 17 heavy (non-hydrogen) atoms. The van der Waals surface area contributed by atoms with E-state index in [0.717, 1.165) is 5.75 Å². The molecular weight excluding hydrogens is 230 g/mol. The zero-order valence-corrected chi connectivity index (χ0v) is 11.9. The van der Waals surface area contributed by atoms with Gasteiger partial charge in [-0.1, -0.05) is 12.8 Å². The molecule has 3 rings (SSSR count). The normalized spacial score (nSPS) is 43.5. The van der Waals surface area contributed by atoms with Gasteiger partial charge in [0.05, 0.1) is 5.25 Å². The molecule has 2 aliphatic carbocycles. The summed E-state index contributed by atoms with van der Waals surface area (Å²) in [6.07, 6.45) is 9.46. The third-order valence-corrected chi connectivity index (χ3v) is 7.33. The summed E-state index contributed by atoms with van der Waals surface area (Å²) in [5, 5.41) is 4.18. The van der Waals surface area contributed by atoms with Crippen LogP contribution in [0.2, 0.25) is 0 Å². The van der Waals surface area contributed by atoms with Crippen LogP contribution in [0, 0.1) is 5.41 Å². The summed E-state index contributed by atoms with van der Waals surface area (Å²) in [6.45, 7) is 4.39. The summed E-state index contributed by atoms with van der Waals surface area (Å²) < 4.78 is 12.5. The minimum Gasteiger partial charge on any atom is -0.307 e. The molecule has 0 aromatic carbocycles. The van der Waals surface area contributed by atoms with E-state index in [4.69, 9.17) is 0 Å². The number of fused-ring (bicyclic) bond motifs is 1. The van der Waals surface area contributed by atoms with Crippen molar-refractivity contribution < 1.29 is 4.21 Å². The minimum atomic E-state index is -0.611. The zero-order valence-electron chi connectivity index (χ0n) is 11.1. The lowest BCUT2D eigenvalue weighted by atomic mass is 9.70. The molecule has 3 atom stereocenters. The van der Waals surface area contributed by atoms with Crippen LogP contribution in [0.3, 0.4) is 0 Å². The smallest absolute Gasteiger partial charge is 0.0507 e. The molecule has 0 bridgehead atoms. The molecule has 1 spiro atoms. The lowest BCUT2D eigenvalue weighted by Gasteiger charge is -2.49. The molecule has 1 heterocycles. The monoisotopic (exact) mass is 255 g/mol. The summed E-state index contributed by atoms with van der Waals surface area (Å²) in [4.78, 5) is 0. The lowest BCUT2D eigenvalue weighted by molar-refractivity contribution is 0.153. The van der Waals surface area contributed by atoms with Crippen molar-refractivity contribution in [2.45, 2.75) is 75.6 Å². The van der Waals surface area contributed by atoms with Crippen molar-refractivity contribution in [2.75, 3.05) is 5.75 Å². The Morgan fingerprint density at radius 1 is 1.18 bits per heavy atom. The van der Waals surface area contributed by atoms with Gasteiger partial charge in [-0.05, 0) is 51.4 Å². The Balaban J connectivity index is 1.77.